The summed E-state index contributed by atoms with van der Waals surface area (Å²) in [7, 11) is 1.59. The van der Waals surface area contributed by atoms with Crippen LogP contribution in [0.2, 0.25) is 0 Å². The molecule has 2 unspecified atom stereocenters. The molecular formula is C10H24O6. The molecule has 0 saturated carbocycles. The van der Waals surface area contributed by atoms with E-state index in [2.05, 4.69) is 4.74 Å². The first-order valence-corrected chi connectivity index (χ1v) is 5.19. The fraction of sp³-hybridized carbons (Fsp3) is 1.00. The first-order valence-electron chi connectivity index (χ1n) is 5.19. The predicted molar refractivity (Wildman–Crippen MR) is 59.1 cm³/mol. The smallest absolute Gasteiger partial charge is 0.151 e. The minimum atomic E-state index is -0.676. The van der Waals surface area contributed by atoms with Crippen LogP contribution < -0.4 is 0 Å². The summed E-state index contributed by atoms with van der Waals surface area (Å²) in [4.78, 5) is 0. The van der Waals surface area contributed by atoms with Crippen LogP contribution in [-0.2, 0) is 14.2 Å². The van der Waals surface area contributed by atoms with Crippen molar-refractivity contribution in [1.82, 2.24) is 0 Å². The van der Waals surface area contributed by atoms with E-state index in [1.807, 2.05) is 0 Å². The summed E-state index contributed by atoms with van der Waals surface area (Å²) >= 11 is 0. The lowest BCUT2D eigenvalue weighted by atomic mass is 10.4. The molecule has 0 rings (SSSR count). The summed E-state index contributed by atoms with van der Waals surface area (Å²) in [5.41, 5.74) is 0. The first kappa shape index (κ1) is 18.1. The fourth-order valence-electron chi connectivity index (χ4n) is 0.620. The fourth-order valence-corrected chi connectivity index (χ4v) is 0.620. The average Bonchev–Trinajstić information content (AvgIpc) is 2.18. The Morgan fingerprint density at radius 1 is 1.06 bits per heavy atom. The van der Waals surface area contributed by atoms with Crippen LogP contribution in [0, 0.1) is 0 Å². The summed E-state index contributed by atoms with van der Waals surface area (Å²) in [5, 5.41) is 25.2. The molecule has 0 amide bonds. The first-order chi connectivity index (χ1) is 7.54. The Balaban J connectivity index is 0. The van der Waals surface area contributed by atoms with Crippen molar-refractivity contribution in [2.45, 2.75) is 26.2 Å². The van der Waals surface area contributed by atoms with E-state index in [9.17, 15) is 0 Å². The third-order valence-corrected chi connectivity index (χ3v) is 1.24. The van der Waals surface area contributed by atoms with Gasteiger partial charge in [-0.15, -0.1) is 0 Å². The Kier molecular flexibility index (Phi) is 16.7. The van der Waals surface area contributed by atoms with Crippen LogP contribution in [0.25, 0.3) is 0 Å². The van der Waals surface area contributed by atoms with Crippen molar-refractivity contribution < 1.29 is 29.5 Å². The minimum absolute atomic E-state index is 0.0206. The van der Waals surface area contributed by atoms with Crippen LogP contribution in [0.5, 0.6) is 0 Å². The van der Waals surface area contributed by atoms with Crippen molar-refractivity contribution in [3.63, 3.8) is 0 Å². The molecule has 0 aliphatic heterocycles. The van der Waals surface area contributed by atoms with E-state index < -0.39 is 12.4 Å². The molecule has 0 aromatic rings. The minimum Gasteiger partial charge on any atom is -0.394 e. The van der Waals surface area contributed by atoms with E-state index in [0.717, 1.165) is 0 Å². The Morgan fingerprint density at radius 3 is 2.06 bits per heavy atom. The predicted octanol–water partition coefficient (Wildman–Crippen LogP) is -0.636. The molecule has 0 aliphatic carbocycles. The maximum atomic E-state index is 8.57. The third-order valence-electron chi connectivity index (χ3n) is 1.24. The third kappa shape index (κ3) is 23.5. The lowest BCUT2D eigenvalue weighted by molar-refractivity contribution is -0.0962. The Hall–Kier alpha value is -0.240. The largest absolute Gasteiger partial charge is 0.394 e. The molecule has 0 heterocycles. The monoisotopic (exact) mass is 240 g/mol. The molecule has 16 heavy (non-hydrogen) atoms. The van der Waals surface area contributed by atoms with Gasteiger partial charge in [0.05, 0.1) is 39.1 Å². The maximum Gasteiger partial charge on any atom is 0.151 e. The number of hydrogen-bond acceptors (Lipinski definition) is 6. The highest BCUT2D eigenvalue weighted by molar-refractivity contribution is 4.39. The molecule has 0 aromatic carbocycles. The number of hydrogen-bond donors (Lipinski definition) is 3. The normalized spacial score (nSPS) is 13.9. The maximum absolute atomic E-state index is 8.57. The van der Waals surface area contributed by atoms with E-state index >= 15 is 0 Å². The van der Waals surface area contributed by atoms with Crippen molar-refractivity contribution in [3.05, 3.63) is 0 Å². The van der Waals surface area contributed by atoms with E-state index in [-0.39, 0.29) is 6.61 Å². The van der Waals surface area contributed by atoms with Gasteiger partial charge >= 0.3 is 0 Å². The van der Waals surface area contributed by atoms with E-state index in [1.54, 1.807) is 21.0 Å². The highest BCUT2D eigenvalue weighted by atomic mass is 16.6. The van der Waals surface area contributed by atoms with Gasteiger partial charge in [0.2, 0.25) is 0 Å². The Morgan fingerprint density at radius 2 is 1.69 bits per heavy atom. The molecule has 2 atom stereocenters. The second-order valence-electron chi connectivity index (χ2n) is 3.11. The quantitative estimate of drug-likeness (QED) is 0.386. The van der Waals surface area contributed by atoms with Gasteiger partial charge in [-0.1, -0.05) is 0 Å². The zero-order valence-corrected chi connectivity index (χ0v) is 10.3. The summed E-state index contributed by atoms with van der Waals surface area (Å²) in [6.45, 7) is 4.82. The van der Waals surface area contributed by atoms with Crippen molar-refractivity contribution >= 4 is 0 Å². The lowest BCUT2D eigenvalue weighted by Crippen LogP contribution is -2.12. The van der Waals surface area contributed by atoms with Gasteiger partial charge in [0, 0.05) is 7.11 Å². The standard InChI is InChI=1S/2C5H12O3/c1-5(6)8-4-3-7-2;1-5(7)4-8-3-2-6/h5-6H,3-4H2,1-2H3;5-7H,2-4H2,1H3. The molecule has 0 radical (unpaired) electrons. The summed E-state index contributed by atoms with van der Waals surface area (Å²) in [6.07, 6.45) is -1.10. The number of ether oxygens (including phenoxy) is 3. The van der Waals surface area contributed by atoms with Crippen molar-refractivity contribution in [3.8, 4) is 0 Å². The van der Waals surface area contributed by atoms with Crippen molar-refractivity contribution in [2.75, 3.05) is 40.1 Å². The summed E-state index contributed by atoms with van der Waals surface area (Å²) < 4.78 is 14.1. The Labute approximate surface area is 96.8 Å². The molecule has 0 fully saturated rings. The molecule has 0 spiro atoms. The molecule has 3 N–H and O–H groups in total. The topological polar surface area (TPSA) is 88.4 Å². The molecule has 0 bridgehead atoms. The zero-order valence-electron chi connectivity index (χ0n) is 10.3. The van der Waals surface area contributed by atoms with E-state index in [4.69, 9.17) is 24.8 Å². The van der Waals surface area contributed by atoms with Gasteiger partial charge < -0.3 is 29.5 Å². The van der Waals surface area contributed by atoms with E-state index in [0.29, 0.717) is 26.4 Å². The molecule has 0 aliphatic rings. The van der Waals surface area contributed by atoms with E-state index in [1.165, 1.54) is 0 Å². The number of aliphatic hydroxyl groups is 3. The van der Waals surface area contributed by atoms with Crippen LogP contribution in [0.3, 0.4) is 0 Å². The molecule has 0 saturated heterocycles. The SMILES string of the molecule is CC(O)COCCO.COCCOC(C)O. The summed E-state index contributed by atoms with van der Waals surface area (Å²) in [5.74, 6) is 0. The van der Waals surface area contributed by atoms with Crippen molar-refractivity contribution in [1.29, 1.82) is 0 Å². The molecule has 0 aromatic heterocycles. The van der Waals surface area contributed by atoms with Gasteiger partial charge in [-0.2, -0.15) is 0 Å². The molecule has 6 heteroatoms. The van der Waals surface area contributed by atoms with Gasteiger partial charge in [-0.25, -0.2) is 0 Å². The van der Waals surface area contributed by atoms with Crippen LogP contribution >= 0.6 is 0 Å². The lowest BCUT2D eigenvalue weighted by Gasteiger charge is -2.03. The van der Waals surface area contributed by atoms with Crippen LogP contribution in [0.1, 0.15) is 13.8 Å². The van der Waals surface area contributed by atoms with Crippen LogP contribution in [0.15, 0.2) is 0 Å². The van der Waals surface area contributed by atoms with Crippen LogP contribution in [-0.4, -0.2) is 67.9 Å². The highest BCUT2D eigenvalue weighted by Gasteiger charge is 1.92. The number of methoxy groups -OCH3 is 1. The average molecular weight is 240 g/mol. The van der Waals surface area contributed by atoms with Gasteiger partial charge in [0.1, 0.15) is 0 Å². The van der Waals surface area contributed by atoms with Gasteiger partial charge in [-0.3, -0.25) is 0 Å². The Bertz CT molecular complexity index is 104. The molecular weight excluding hydrogens is 216 g/mol. The number of aliphatic hydroxyl groups excluding tert-OH is 3. The van der Waals surface area contributed by atoms with Crippen molar-refractivity contribution in [2.24, 2.45) is 0 Å². The highest BCUT2D eigenvalue weighted by Crippen LogP contribution is 1.82. The molecule has 6 nitrogen and oxygen atoms in total. The second-order valence-corrected chi connectivity index (χ2v) is 3.11. The summed E-state index contributed by atoms with van der Waals surface area (Å²) in [6, 6.07) is 0. The molecule has 100 valence electrons. The van der Waals surface area contributed by atoms with Gasteiger partial charge in [0.15, 0.2) is 6.29 Å². The van der Waals surface area contributed by atoms with Crippen LogP contribution in [0.4, 0.5) is 0 Å². The zero-order chi connectivity index (χ0) is 12.8. The number of rotatable bonds is 8. The van der Waals surface area contributed by atoms with Gasteiger partial charge in [-0.05, 0) is 13.8 Å². The van der Waals surface area contributed by atoms with Gasteiger partial charge in [0.25, 0.3) is 0 Å². The second kappa shape index (κ2) is 14.8.